The molecule has 1 aliphatic rings. The molecular weight excluding hydrogens is 410 g/mol. The van der Waals surface area contributed by atoms with Crippen LogP contribution in [0.1, 0.15) is 33.3 Å². The lowest BCUT2D eigenvalue weighted by atomic mass is 9.92. The number of hydrogen-bond donors (Lipinski definition) is 1. The maximum atomic E-state index is 13.1. The number of non-ortho nitro benzene ring substituents is 1. The molecule has 8 heteroatoms. The molecule has 0 radical (unpaired) electrons. The molecular formula is C24H27N3O5. The third-order valence-corrected chi connectivity index (χ3v) is 5.01. The van der Waals surface area contributed by atoms with Gasteiger partial charge in [-0.3, -0.25) is 19.7 Å². The van der Waals surface area contributed by atoms with Crippen molar-refractivity contribution in [2.75, 3.05) is 23.4 Å². The molecule has 168 valence electrons. The van der Waals surface area contributed by atoms with Gasteiger partial charge in [-0.05, 0) is 61.7 Å². The summed E-state index contributed by atoms with van der Waals surface area (Å²) >= 11 is 0. The van der Waals surface area contributed by atoms with E-state index in [9.17, 15) is 19.7 Å². The number of rotatable bonds is 6. The first-order valence-electron chi connectivity index (χ1n) is 10.4. The first-order valence-corrected chi connectivity index (χ1v) is 10.4. The lowest BCUT2D eigenvalue weighted by Crippen LogP contribution is -2.43. The molecule has 1 aliphatic heterocycles. The summed E-state index contributed by atoms with van der Waals surface area (Å²) in [5.41, 5.74) is 1.16. The van der Waals surface area contributed by atoms with Crippen molar-refractivity contribution >= 4 is 35.0 Å². The van der Waals surface area contributed by atoms with Gasteiger partial charge in [-0.1, -0.05) is 13.8 Å². The summed E-state index contributed by atoms with van der Waals surface area (Å²) in [5, 5.41) is 13.5. The molecule has 0 unspecified atom stereocenters. The molecule has 0 saturated carbocycles. The Hall–Kier alpha value is -3.68. The van der Waals surface area contributed by atoms with Crippen LogP contribution in [0.4, 0.5) is 17.1 Å². The van der Waals surface area contributed by atoms with E-state index in [2.05, 4.69) is 5.32 Å². The Balaban J connectivity index is 1.79. The number of fused-ring (bicyclic) bond motifs is 1. The van der Waals surface area contributed by atoms with Crippen LogP contribution in [-0.2, 0) is 9.59 Å². The number of nitrogens with zero attached hydrogens (tertiary/aromatic N) is 2. The summed E-state index contributed by atoms with van der Waals surface area (Å²) in [4.78, 5) is 37.5. The molecule has 0 aliphatic carbocycles. The highest BCUT2D eigenvalue weighted by atomic mass is 16.6. The number of anilines is 2. The number of hydrogen-bond acceptors (Lipinski definition) is 5. The zero-order chi connectivity index (χ0) is 23.5. The van der Waals surface area contributed by atoms with E-state index < -0.39 is 10.3 Å². The summed E-state index contributed by atoms with van der Waals surface area (Å²) < 4.78 is 5.90. The number of amides is 2. The number of carbonyl (C=O) groups excluding carboxylic acids is 2. The molecule has 0 fully saturated rings. The first kappa shape index (κ1) is 23.0. The highest BCUT2D eigenvalue weighted by molar-refractivity contribution is 6.04. The van der Waals surface area contributed by atoms with Gasteiger partial charge in [0.1, 0.15) is 12.4 Å². The van der Waals surface area contributed by atoms with E-state index in [-0.39, 0.29) is 30.0 Å². The fourth-order valence-electron chi connectivity index (χ4n) is 3.33. The molecule has 0 saturated heterocycles. The van der Waals surface area contributed by atoms with Gasteiger partial charge in [0.15, 0.2) is 0 Å². The maximum absolute atomic E-state index is 13.1. The van der Waals surface area contributed by atoms with Gasteiger partial charge >= 0.3 is 0 Å². The molecule has 0 atom stereocenters. The normalized spacial score (nSPS) is 15.3. The zero-order valence-electron chi connectivity index (χ0n) is 18.6. The minimum Gasteiger partial charge on any atom is -0.490 e. The van der Waals surface area contributed by atoms with Gasteiger partial charge < -0.3 is 15.0 Å². The van der Waals surface area contributed by atoms with Crippen LogP contribution in [0.5, 0.6) is 5.75 Å². The van der Waals surface area contributed by atoms with Crippen LogP contribution in [0.15, 0.2) is 48.5 Å². The van der Waals surface area contributed by atoms with Crippen molar-refractivity contribution in [3.05, 3.63) is 64.2 Å². The van der Waals surface area contributed by atoms with E-state index in [4.69, 9.17) is 4.74 Å². The number of nitro benzene ring substituents is 1. The van der Waals surface area contributed by atoms with Crippen LogP contribution in [-0.4, -0.2) is 29.9 Å². The second-order valence-electron chi connectivity index (χ2n) is 8.84. The average Bonchev–Trinajstić information content (AvgIpc) is 2.82. The topological polar surface area (TPSA) is 102 Å². The number of nitro groups is 1. The van der Waals surface area contributed by atoms with E-state index >= 15 is 0 Å². The van der Waals surface area contributed by atoms with Crippen molar-refractivity contribution in [3.8, 4) is 5.75 Å². The second kappa shape index (κ2) is 9.21. The quantitative estimate of drug-likeness (QED) is 0.402. The zero-order valence-corrected chi connectivity index (χ0v) is 18.6. The third kappa shape index (κ3) is 5.32. The van der Waals surface area contributed by atoms with E-state index in [1.807, 2.05) is 27.7 Å². The smallest absolute Gasteiger partial charge is 0.269 e. The van der Waals surface area contributed by atoms with E-state index in [0.29, 0.717) is 29.2 Å². The van der Waals surface area contributed by atoms with Crippen molar-refractivity contribution in [1.82, 2.24) is 0 Å². The summed E-state index contributed by atoms with van der Waals surface area (Å²) in [6.45, 7) is 8.62. The van der Waals surface area contributed by atoms with Crippen LogP contribution in [0, 0.1) is 21.4 Å². The van der Waals surface area contributed by atoms with Crippen molar-refractivity contribution in [2.45, 2.75) is 27.7 Å². The highest BCUT2D eigenvalue weighted by Crippen LogP contribution is 2.38. The summed E-state index contributed by atoms with van der Waals surface area (Å²) in [7, 11) is 0. The van der Waals surface area contributed by atoms with Gasteiger partial charge in [0.2, 0.25) is 11.8 Å². The van der Waals surface area contributed by atoms with E-state index in [0.717, 1.165) is 0 Å². The molecule has 0 bridgehead atoms. The first-order chi connectivity index (χ1) is 15.1. The number of benzene rings is 2. The monoisotopic (exact) mass is 437 g/mol. The molecule has 2 aromatic carbocycles. The summed E-state index contributed by atoms with van der Waals surface area (Å²) in [6, 6.07) is 11.1. The van der Waals surface area contributed by atoms with Crippen LogP contribution in [0.3, 0.4) is 0 Å². The van der Waals surface area contributed by atoms with E-state index in [1.54, 1.807) is 41.3 Å². The van der Waals surface area contributed by atoms with Gasteiger partial charge in [-0.15, -0.1) is 0 Å². The molecule has 2 aromatic rings. The molecule has 1 heterocycles. The molecule has 2 amide bonds. The Labute approximate surface area is 187 Å². The van der Waals surface area contributed by atoms with Gasteiger partial charge in [0, 0.05) is 30.4 Å². The minimum atomic E-state index is -0.662. The molecule has 0 spiro atoms. The summed E-state index contributed by atoms with van der Waals surface area (Å²) in [5.74, 6) is 0.471. The van der Waals surface area contributed by atoms with Crippen molar-refractivity contribution < 1.29 is 19.2 Å². The SMILES string of the molecule is CC(C)CN1C(=O)C(C)(C)COc2ccc(NC(=O)/C=C/c3ccc([N+](=O)[O-])cc3)cc21. The number of nitrogens with one attached hydrogen (secondary N) is 1. The standard InChI is InChI=1S/C24H27N3O5/c1-16(2)14-26-20-13-18(8-11-21(20)32-15-24(3,4)23(26)29)25-22(28)12-7-17-5-9-19(10-6-17)27(30)31/h5-13,16H,14-15H2,1-4H3,(H,25,28)/b12-7+. The Morgan fingerprint density at radius 1 is 1.25 bits per heavy atom. The Bertz CT molecular complexity index is 1060. The minimum absolute atomic E-state index is 0.0116. The van der Waals surface area contributed by atoms with Crippen LogP contribution >= 0.6 is 0 Å². The lowest BCUT2D eigenvalue weighted by molar-refractivity contribution is -0.384. The fraction of sp³-hybridized carbons (Fsp3) is 0.333. The van der Waals surface area contributed by atoms with Crippen LogP contribution < -0.4 is 15.0 Å². The Morgan fingerprint density at radius 2 is 1.94 bits per heavy atom. The molecule has 0 aromatic heterocycles. The maximum Gasteiger partial charge on any atom is 0.269 e. The second-order valence-corrected chi connectivity index (χ2v) is 8.84. The number of carbonyl (C=O) groups is 2. The lowest BCUT2D eigenvalue weighted by Gasteiger charge is -2.29. The van der Waals surface area contributed by atoms with Crippen molar-refractivity contribution in [1.29, 1.82) is 0 Å². The molecule has 1 N–H and O–H groups in total. The summed E-state index contributed by atoms with van der Waals surface area (Å²) in [6.07, 6.45) is 2.92. The number of ether oxygens (including phenoxy) is 1. The Kier molecular flexibility index (Phi) is 6.62. The van der Waals surface area contributed by atoms with Gasteiger partial charge in [0.25, 0.3) is 5.69 Å². The highest BCUT2D eigenvalue weighted by Gasteiger charge is 2.38. The van der Waals surface area contributed by atoms with E-state index in [1.165, 1.54) is 18.2 Å². The van der Waals surface area contributed by atoms with Crippen molar-refractivity contribution in [2.24, 2.45) is 11.3 Å². The van der Waals surface area contributed by atoms with Crippen LogP contribution in [0.2, 0.25) is 0 Å². The fourth-order valence-corrected chi connectivity index (χ4v) is 3.33. The van der Waals surface area contributed by atoms with Gasteiger partial charge in [0.05, 0.1) is 16.0 Å². The molecule has 8 nitrogen and oxygen atoms in total. The molecule has 32 heavy (non-hydrogen) atoms. The van der Waals surface area contributed by atoms with Gasteiger partial charge in [-0.25, -0.2) is 0 Å². The van der Waals surface area contributed by atoms with Crippen molar-refractivity contribution in [3.63, 3.8) is 0 Å². The largest absolute Gasteiger partial charge is 0.490 e. The average molecular weight is 437 g/mol. The van der Waals surface area contributed by atoms with Crippen LogP contribution in [0.25, 0.3) is 6.08 Å². The predicted molar refractivity (Wildman–Crippen MR) is 124 cm³/mol. The predicted octanol–water partition coefficient (Wildman–Crippen LogP) is 4.65. The Morgan fingerprint density at radius 3 is 2.56 bits per heavy atom. The molecule has 3 rings (SSSR count). The van der Waals surface area contributed by atoms with Gasteiger partial charge in [-0.2, -0.15) is 0 Å². The third-order valence-electron chi connectivity index (χ3n) is 5.01.